The summed E-state index contributed by atoms with van der Waals surface area (Å²) >= 11 is 0. The van der Waals surface area contributed by atoms with E-state index in [-0.39, 0.29) is 28.1 Å². The normalized spacial score (nSPS) is 14.5. The Balaban J connectivity index is 1.74. The number of para-hydroxylation sites is 1. The maximum Gasteiger partial charge on any atom is 0.271 e. The molecule has 4 N–H and O–H groups in total. The van der Waals surface area contributed by atoms with Crippen molar-refractivity contribution in [2.45, 2.75) is 6.92 Å². The van der Waals surface area contributed by atoms with Gasteiger partial charge in [0.2, 0.25) is 5.78 Å². The van der Waals surface area contributed by atoms with Gasteiger partial charge in [0.25, 0.3) is 17.0 Å². The Morgan fingerprint density at radius 3 is 2.55 bits per heavy atom. The van der Waals surface area contributed by atoms with Crippen LogP contribution in [-0.2, 0) is 11.8 Å². The third-order valence-electron chi connectivity index (χ3n) is 5.79. The van der Waals surface area contributed by atoms with Crippen LogP contribution in [0.1, 0.15) is 21.5 Å². The van der Waals surface area contributed by atoms with Crippen LogP contribution >= 0.6 is 0 Å². The lowest BCUT2D eigenvalue weighted by Crippen LogP contribution is -2.28. The number of carbonyl (C=O) groups is 2. The lowest BCUT2D eigenvalue weighted by molar-refractivity contribution is -0.112. The predicted molar refractivity (Wildman–Crippen MR) is 123 cm³/mol. The van der Waals surface area contributed by atoms with Gasteiger partial charge in [-0.05, 0) is 37.3 Å². The molecule has 0 unspecified atom stereocenters. The number of hydrogen-bond acceptors (Lipinski definition) is 5. The van der Waals surface area contributed by atoms with Crippen molar-refractivity contribution in [1.29, 1.82) is 0 Å². The predicted octanol–water partition coefficient (Wildman–Crippen LogP) is 2.45. The fraction of sp³-hybridized carbons (Fsp3) is 0.0833. The molecule has 1 aliphatic rings. The summed E-state index contributed by atoms with van der Waals surface area (Å²) in [6.07, 6.45) is 1.14. The van der Waals surface area contributed by atoms with Crippen LogP contribution in [0.3, 0.4) is 0 Å². The third kappa shape index (κ3) is 3.01. The molecule has 0 saturated carbocycles. The molecule has 0 saturated heterocycles. The number of aromatic hydroxyl groups is 1. The number of amides is 1. The number of rotatable bonds is 2. The molecule has 1 amide bonds. The second-order valence-electron chi connectivity index (χ2n) is 7.86. The molecule has 33 heavy (non-hydrogen) atoms. The average molecular weight is 442 g/mol. The van der Waals surface area contributed by atoms with Crippen LogP contribution in [0.5, 0.6) is 5.75 Å². The highest BCUT2D eigenvalue weighted by atomic mass is 16.3. The zero-order chi connectivity index (χ0) is 23.4. The number of H-pyrrole nitrogens is 2. The van der Waals surface area contributed by atoms with Gasteiger partial charge in [-0.15, -0.1) is 0 Å². The monoisotopic (exact) mass is 442 g/mol. The van der Waals surface area contributed by atoms with Gasteiger partial charge >= 0.3 is 0 Å². The summed E-state index contributed by atoms with van der Waals surface area (Å²) in [5, 5.41) is 18.9. The van der Waals surface area contributed by atoms with E-state index in [0.717, 1.165) is 11.6 Å². The number of Topliss-reactive ketones (excluding diaryl/α,β-unsaturated/α-hetero) is 1. The minimum atomic E-state index is -0.668. The number of benzene rings is 2. The Hall–Kier alpha value is -4.66. The molecule has 1 aliphatic heterocycles. The van der Waals surface area contributed by atoms with Crippen LogP contribution < -0.4 is 16.4 Å². The maximum absolute atomic E-state index is 13.1. The van der Waals surface area contributed by atoms with Crippen molar-refractivity contribution in [3.63, 3.8) is 0 Å². The first-order valence-electron chi connectivity index (χ1n) is 10.1. The molecular weight excluding hydrogens is 424 g/mol. The summed E-state index contributed by atoms with van der Waals surface area (Å²) in [7, 11) is 1.55. The number of nitrogens with zero attached hydrogens (tertiary/aromatic N) is 1. The van der Waals surface area contributed by atoms with Gasteiger partial charge in [-0.3, -0.25) is 29.4 Å². The highest BCUT2D eigenvalue weighted by Crippen LogP contribution is 2.34. The van der Waals surface area contributed by atoms with E-state index in [1.54, 1.807) is 49.5 Å². The quantitative estimate of drug-likeness (QED) is 0.279. The van der Waals surface area contributed by atoms with Crippen LogP contribution in [0.2, 0.25) is 0 Å². The number of ketones is 1. The van der Waals surface area contributed by atoms with Crippen LogP contribution in [0.4, 0.5) is 5.69 Å². The van der Waals surface area contributed by atoms with Crippen LogP contribution in [0.15, 0.2) is 57.6 Å². The average Bonchev–Trinajstić information content (AvgIpc) is 3.15. The van der Waals surface area contributed by atoms with E-state index in [2.05, 4.69) is 15.5 Å². The van der Waals surface area contributed by atoms with Crippen LogP contribution in [0.25, 0.3) is 28.2 Å². The zero-order valence-corrected chi connectivity index (χ0v) is 17.6. The lowest BCUT2D eigenvalue weighted by Gasteiger charge is -2.18. The first-order valence-corrected chi connectivity index (χ1v) is 10.1. The van der Waals surface area contributed by atoms with Crippen molar-refractivity contribution in [3.8, 4) is 17.0 Å². The van der Waals surface area contributed by atoms with E-state index >= 15 is 0 Å². The highest BCUT2D eigenvalue weighted by Gasteiger charge is 2.30. The lowest BCUT2D eigenvalue weighted by atomic mass is 9.93. The molecule has 9 nitrogen and oxygen atoms in total. The SMILES string of the molecule is Cc1ccc2c(c1)C(=O)/C(=C\c1c(-c3c(O)c4ccccc4n(C)c3=O)[nH][nH]c1=O)C(=O)N2. The Kier molecular flexibility index (Phi) is 4.42. The van der Waals surface area contributed by atoms with Crippen molar-refractivity contribution in [2.24, 2.45) is 7.05 Å². The molecule has 0 aliphatic carbocycles. The number of aromatic nitrogens is 3. The molecule has 4 aromatic rings. The van der Waals surface area contributed by atoms with Crippen molar-refractivity contribution in [3.05, 3.63) is 85.4 Å². The second kappa shape index (κ2) is 7.20. The fourth-order valence-electron chi connectivity index (χ4n) is 4.08. The van der Waals surface area contributed by atoms with Gasteiger partial charge in [-0.1, -0.05) is 23.8 Å². The molecule has 0 spiro atoms. The molecule has 2 aromatic heterocycles. The van der Waals surface area contributed by atoms with E-state index in [1.807, 2.05) is 6.92 Å². The molecular formula is C24H18N4O5. The molecule has 0 bridgehead atoms. The van der Waals surface area contributed by atoms with Crippen molar-refractivity contribution in [1.82, 2.24) is 14.8 Å². The number of aryl methyl sites for hydroxylation is 2. The summed E-state index contributed by atoms with van der Waals surface area (Å²) in [5.74, 6) is -1.53. The van der Waals surface area contributed by atoms with E-state index in [9.17, 15) is 24.3 Å². The zero-order valence-electron chi connectivity index (χ0n) is 17.6. The molecule has 0 atom stereocenters. The number of hydrogen-bond donors (Lipinski definition) is 4. The Morgan fingerprint density at radius 2 is 1.76 bits per heavy atom. The van der Waals surface area contributed by atoms with E-state index in [0.29, 0.717) is 22.2 Å². The first-order chi connectivity index (χ1) is 15.8. The van der Waals surface area contributed by atoms with Gasteiger partial charge in [0.05, 0.1) is 28.0 Å². The molecule has 5 rings (SSSR count). The molecule has 0 radical (unpaired) electrons. The largest absolute Gasteiger partial charge is 0.506 e. The van der Waals surface area contributed by atoms with Gasteiger partial charge in [0.1, 0.15) is 11.3 Å². The highest BCUT2D eigenvalue weighted by molar-refractivity contribution is 6.36. The van der Waals surface area contributed by atoms with Gasteiger partial charge < -0.3 is 15.0 Å². The Bertz CT molecular complexity index is 1650. The third-order valence-corrected chi connectivity index (χ3v) is 5.79. The second-order valence-corrected chi connectivity index (χ2v) is 7.86. The molecule has 164 valence electrons. The number of aromatic amines is 2. The van der Waals surface area contributed by atoms with Crippen LogP contribution in [0, 0.1) is 6.92 Å². The van der Waals surface area contributed by atoms with Crippen molar-refractivity contribution >= 4 is 34.4 Å². The summed E-state index contributed by atoms with van der Waals surface area (Å²) in [5.41, 5.74) is 0.287. The molecule has 3 heterocycles. The summed E-state index contributed by atoms with van der Waals surface area (Å²) in [4.78, 5) is 51.4. The van der Waals surface area contributed by atoms with Crippen LogP contribution in [-0.4, -0.2) is 31.6 Å². The number of nitrogens with one attached hydrogen (secondary N) is 3. The number of fused-ring (bicyclic) bond motifs is 2. The molecule has 9 heteroatoms. The van der Waals surface area contributed by atoms with Gasteiger partial charge in [-0.25, -0.2) is 0 Å². The van der Waals surface area contributed by atoms with Crippen molar-refractivity contribution < 1.29 is 14.7 Å². The van der Waals surface area contributed by atoms with E-state index < -0.39 is 22.8 Å². The van der Waals surface area contributed by atoms with Gasteiger partial charge in [0, 0.05) is 18.0 Å². The van der Waals surface area contributed by atoms with Gasteiger partial charge in [-0.2, -0.15) is 0 Å². The summed E-state index contributed by atoms with van der Waals surface area (Å²) in [6.45, 7) is 1.82. The summed E-state index contributed by atoms with van der Waals surface area (Å²) < 4.78 is 1.35. The van der Waals surface area contributed by atoms with E-state index in [1.165, 1.54) is 4.57 Å². The summed E-state index contributed by atoms with van der Waals surface area (Å²) in [6, 6.07) is 11.8. The minimum absolute atomic E-state index is 0.0213. The van der Waals surface area contributed by atoms with Gasteiger partial charge in [0.15, 0.2) is 0 Å². The van der Waals surface area contributed by atoms with Crippen molar-refractivity contribution in [2.75, 3.05) is 5.32 Å². The molecule has 0 fully saturated rings. The maximum atomic E-state index is 13.1. The fourth-order valence-corrected chi connectivity index (χ4v) is 4.08. The smallest absolute Gasteiger partial charge is 0.271 e. The first kappa shape index (κ1) is 20.3. The van der Waals surface area contributed by atoms with E-state index in [4.69, 9.17) is 0 Å². The standard InChI is InChI=1S/C24H18N4O5/c1-11-7-8-16-13(9-11)20(29)15(22(31)25-16)10-14-19(26-27-23(14)32)18-21(30)12-5-3-4-6-17(12)28(2)24(18)33/h3-10,30H,1-2H3,(H,25,31)(H2,26,27,32)/b15-10+. The number of pyridine rings is 1. The Morgan fingerprint density at radius 1 is 1.00 bits per heavy atom. The topological polar surface area (TPSA) is 137 Å². The molecule has 2 aromatic carbocycles. The number of carbonyl (C=O) groups excluding carboxylic acids is 2. The number of anilines is 1. The minimum Gasteiger partial charge on any atom is -0.506 e. The Labute approximate surface area is 186 Å².